The molecule has 1 fully saturated rings. The van der Waals surface area contributed by atoms with Crippen LogP contribution in [-0.4, -0.2) is 43.7 Å². The van der Waals surface area contributed by atoms with Crippen molar-refractivity contribution in [3.63, 3.8) is 0 Å². The van der Waals surface area contributed by atoms with Gasteiger partial charge >= 0.3 is 13.2 Å². The molecular weight excluding hydrogens is 313 g/mol. The molecule has 7 nitrogen and oxygen atoms in total. The van der Waals surface area contributed by atoms with Gasteiger partial charge in [0.05, 0.1) is 37.5 Å². The molecule has 132 valence electrons. The lowest BCUT2D eigenvalue weighted by molar-refractivity contribution is 0.00578. The van der Waals surface area contributed by atoms with Crippen molar-refractivity contribution in [3.8, 4) is 11.5 Å². The van der Waals surface area contributed by atoms with E-state index in [2.05, 4.69) is 5.32 Å². The van der Waals surface area contributed by atoms with E-state index in [4.69, 9.17) is 23.9 Å². The summed E-state index contributed by atoms with van der Waals surface area (Å²) in [5, 5.41) is 11.1. The second-order valence-electron chi connectivity index (χ2n) is 6.65. The van der Waals surface area contributed by atoms with Crippen LogP contribution < -0.4 is 20.3 Å². The van der Waals surface area contributed by atoms with Gasteiger partial charge in [-0.25, -0.2) is 4.79 Å². The molecule has 8 heteroatoms. The molecule has 1 amide bonds. The van der Waals surface area contributed by atoms with Crippen molar-refractivity contribution < 1.29 is 28.7 Å². The van der Waals surface area contributed by atoms with E-state index in [1.807, 2.05) is 27.7 Å². The number of benzene rings is 1. The van der Waals surface area contributed by atoms with Crippen molar-refractivity contribution in [3.05, 3.63) is 17.7 Å². The van der Waals surface area contributed by atoms with Crippen molar-refractivity contribution in [2.45, 2.75) is 45.4 Å². The topological polar surface area (TPSA) is 86.3 Å². The number of hydrogen-bond acceptors (Lipinski definition) is 5. The number of methoxy groups -OCH3 is 2. The Hall–Kier alpha value is -1.93. The maximum atomic E-state index is 10.8. The van der Waals surface area contributed by atoms with Crippen molar-refractivity contribution in [2.24, 2.45) is 0 Å². The van der Waals surface area contributed by atoms with Gasteiger partial charge in [-0.1, -0.05) is 0 Å². The van der Waals surface area contributed by atoms with Gasteiger partial charge in [0, 0.05) is 0 Å². The van der Waals surface area contributed by atoms with E-state index >= 15 is 0 Å². The van der Waals surface area contributed by atoms with E-state index in [-0.39, 0.29) is 6.54 Å². The van der Waals surface area contributed by atoms with Crippen molar-refractivity contribution >= 4 is 18.7 Å². The van der Waals surface area contributed by atoms with Crippen molar-refractivity contribution in [1.29, 1.82) is 0 Å². The van der Waals surface area contributed by atoms with Crippen molar-refractivity contribution in [1.82, 2.24) is 5.32 Å². The number of amides is 1. The molecule has 0 saturated carbocycles. The number of ether oxygens (including phenoxy) is 2. The quantitative estimate of drug-likeness (QED) is 0.797. The van der Waals surface area contributed by atoms with E-state index in [0.717, 1.165) is 5.46 Å². The Morgan fingerprint density at radius 1 is 1.12 bits per heavy atom. The molecule has 0 bridgehead atoms. The zero-order valence-corrected chi connectivity index (χ0v) is 14.9. The van der Waals surface area contributed by atoms with Gasteiger partial charge in [-0.05, 0) is 45.3 Å². The lowest BCUT2D eigenvalue weighted by atomic mass is 9.78. The fourth-order valence-corrected chi connectivity index (χ4v) is 2.46. The minimum absolute atomic E-state index is 0.0747. The van der Waals surface area contributed by atoms with Crippen LogP contribution in [0.4, 0.5) is 4.79 Å². The molecular formula is C16H24BNO6. The predicted molar refractivity (Wildman–Crippen MR) is 90.1 cm³/mol. The second-order valence-corrected chi connectivity index (χ2v) is 6.65. The Bertz CT molecular complexity index is 590. The SMILES string of the molecule is COc1cc(B2OC(C)(C)C(C)(C)O2)cc(OC)c1CNC(=O)O. The summed E-state index contributed by atoms with van der Waals surface area (Å²) >= 11 is 0. The van der Waals surface area contributed by atoms with E-state index in [0.29, 0.717) is 17.1 Å². The minimum Gasteiger partial charge on any atom is -0.496 e. The Morgan fingerprint density at radius 3 is 1.96 bits per heavy atom. The molecule has 1 aromatic carbocycles. The molecule has 1 aliphatic heterocycles. The van der Waals surface area contributed by atoms with Gasteiger partial charge in [0.1, 0.15) is 11.5 Å². The van der Waals surface area contributed by atoms with Gasteiger partial charge in [0.2, 0.25) is 0 Å². The Morgan fingerprint density at radius 2 is 1.58 bits per heavy atom. The Balaban J connectivity index is 2.38. The molecule has 1 heterocycles. The number of carboxylic acid groups (broad SMARTS) is 1. The third-order valence-electron chi connectivity index (χ3n) is 4.57. The van der Waals surface area contributed by atoms with E-state index < -0.39 is 24.4 Å². The van der Waals surface area contributed by atoms with Crippen LogP contribution in [0.3, 0.4) is 0 Å². The fourth-order valence-electron chi connectivity index (χ4n) is 2.46. The highest BCUT2D eigenvalue weighted by Crippen LogP contribution is 2.37. The number of hydrogen-bond donors (Lipinski definition) is 2. The summed E-state index contributed by atoms with van der Waals surface area (Å²) < 4.78 is 22.9. The van der Waals surface area contributed by atoms with Crippen LogP contribution in [-0.2, 0) is 15.9 Å². The summed E-state index contributed by atoms with van der Waals surface area (Å²) in [6.45, 7) is 7.99. The lowest BCUT2D eigenvalue weighted by Gasteiger charge is -2.32. The molecule has 1 aromatic rings. The zero-order chi connectivity index (χ0) is 18.1. The van der Waals surface area contributed by atoms with Crippen LogP contribution in [0.2, 0.25) is 0 Å². The van der Waals surface area contributed by atoms with Crippen LogP contribution in [0.15, 0.2) is 12.1 Å². The predicted octanol–water partition coefficient (Wildman–Crippen LogP) is 1.77. The second kappa shape index (κ2) is 6.53. The summed E-state index contributed by atoms with van der Waals surface area (Å²) in [5.74, 6) is 1.01. The van der Waals surface area contributed by atoms with Crippen LogP contribution in [0.25, 0.3) is 0 Å². The summed E-state index contributed by atoms with van der Waals surface area (Å²) in [5.41, 5.74) is 0.452. The van der Waals surface area contributed by atoms with Gasteiger partial charge < -0.3 is 29.2 Å². The highest BCUT2D eigenvalue weighted by Gasteiger charge is 2.52. The van der Waals surface area contributed by atoms with Crippen LogP contribution in [0.1, 0.15) is 33.3 Å². The smallest absolute Gasteiger partial charge is 0.495 e. The van der Waals surface area contributed by atoms with Crippen LogP contribution in [0, 0.1) is 0 Å². The molecule has 2 N–H and O–H groups in total. The third kappa shape index (κ3) is 3.44. The zero-order valence-electron chi connectivity index (χ0n) is 14.9. The summed E-state index contributed by atoms with van der Waals surface area (Å²) in [7, 11) is 2.49. The molecule has 0 aromatic heterocycles. The Labute approximate surface area is 142 Å². The summed E-state index contributed by atoms with van der Waals surface area (Å²) in [4.78, 5) is 10.8. The van der Waals surface area contributed by atoms with Crippen LogP contribution in [0.5, 0.6) is 11.5 Å². The average molecular weight is 337 g/mol. The molecule has 1 aliphatic rings. The van der Waals surface area contributed by atoms with E-state index in [1.165, 1.54) is 14.2 Å². The normalized spacial score (nSPS) is 18.3. The summed E-state index contributed by atoms with van der Waals surface area (Å²) in [6, 6.07) is 3.56. The maximum Gasteiger partial charge on any atom is 0.495 e. The standard InChI is InChI=1S/C16H24BNO6/c1-15(2)16(3,4)24-17(23-15)10-7-12(21-5)11(9-18-14(19)20)13(8-10)22-6/h7-8,18H,9H2,1-6H3,(H,19,20). The molecule has 2 rings (SSSR count). The lowest BCUT2D eigenvalue weighted by Crippen LogP contribution is -2.41. The molecule has 0 radical (unpaired) electrons. The number of rotatable bonds is 5. The molecule has 0 aliphatic carbocycles. The molecule has 0 unspecified atom stereocenters. The first-order chi connectivity index (χ1) is 11.1. The molecule has 1 saturated heterocycles. The van der Waals surface area contributed by atoms with Crippen molar-refractivity contribution in [2.75, 3.05) is 14.2 Å². The Kier molecular flexibility index (Phi) is 5.01. The van der Waals surface area contributed by atoms with Gasteiger partial charge in [0.15, 0.2) is 0 Å². The molecule has 24 heavy (non-hydrogen) atoms. The van der Waals surface area contributed by atoms with Crippen LogP contribution >= 0.6 is 0 Å². The monoisotopic (exact) mass is 337 g/mol. The largest absolute Gasteiger partial charge is 0.496 e. The highest BCUT2D eigenvalue weighted by molar-refractivity contribution is 6.62. The molecule has 0 atom stereocenters. The number of carbonyl (C=O) groups is 1. The van der Waals surface area contributed by atoms with E-state index in [9.17, 15) is 4.79 Å². The van der Waals surface area contributed by atoms with Gasteiger partial charge in [-0.2, -0.15) is 0 Å². The first-order valence-electron chi connectivity index (χ1n) is 7.68. The minimum atomic E-state index is -1.12. The summed E-state index contributed by atoms with van der Waals surface area (Å²) in [6.07, 6.45) is -1.12. The first-order valence-corrected chi connectivity index (χ1v) is 7.68. The van der Waals surface area contributed by atoms with Gasteiger partial charge in [0.25, 0.3) is 0 Å². The number of nitrogens with one attached hydrogen (secondary N) is 1. The average Bonchev–Trinajstić information content (AvgIpc) is 2.72. The van der Waals surface area contributed by atoms with E-state index in [1.54, 1.807) is 12.1 Å². The highest BCUT2D eigenvalue weighted by atomic mass is 16.7. The third-order valence-corrected chi connectivity index (χ3v) is 4.57. The maximum absolute atomic E-state index is 10.8. The van der Waals surface area contributed by atoms with Gasteiger partial charge in [-0.15, -0.1) is 0 Å². The first kappa shape index (κ1) is 18.4. The fraction of sp³-hybridized carbons (Fsp3) is 0.562. The van der Waals surface area contributed by atoms with Gasteiger partial charge in [-0.3, -0.25) is 0 Å². The molecule has 0 spiro atoms.